The number of carbonyl (C=O) groups is 1. The fourth-order valence-electron chi connectivity index (χ4n) is 4.40. The summed E-state index contributed by atoms with van der Waals surface area (Å²) in [5, 5.41) is 0. The van der Waals surface area contributed by atoms with Gasteiger partial charge in [0.25, 0.3) is 15.9 Å². The van der Waals surface area contributed by atoms with Gasteiger partial charge in [-0.1, -0.05) is 29.5 Å². The van der Waals surface area contributed by atoms with Crippen LogP contribution in [0.15, 0.2) is 70.6 Å². The predicted octanol–water partition coefficient (Wildman–Crippen LogP) is 4.14. The fraction of sp³-hybridized carbons (Fsp3) is 0.231. The second-order valence-electron chi connectivity index (χ2n) is 8.37. The first kappa shape index (κ1) is 24.1. The van der Waals surface area contributed by atoms with Crippen LogP contribution in [0.25, 0.3) is 10.2 Å². The van der Waals surface area contributed by atoms with E-state index in [1.807, 2.05) is 37.4 Å². The standard InChI is InChI=1S/C26H25N3O5S2/c1-28-24-22(34-3)15-19(33-2)16-23(24)35-26(28)27-25(30)18-10-12-20(13-11-18)36(31,32)29-14-6-8-17-7-4-5-9-21(17)29/h4-5,7,9-13,15-16H,6,8,14H2,1-3H3. The van der Waals surface area contributed by atoms with Crippen LogP contribution in [0.5, 0.6) is 11.5 Å². The van der Waals surface area contributed by atoms with Crippen molar-refractivity contribution >= 4 is 43.2 Å². The molecule has 0 aliphatic carbocycles. The maximum atomic E-state index is 13.4. The van der Waals surface area contributed by atoms with Gasteiger partial charge in [0.2, 0.25) is 0 Å². The Morgan fingerprint density at radius 3 is 2.50 bits per heavy atom. The molecule has 10 heteroatoms. The van der Waals surface area contributed by atoms with E-state index in [-0.39, 0.29) is 4.90 Å². The Bertz CT molecular complexity index is 1640. The summed E-state index contributed by atoms with van der Waals surface area (Å²) in [6.07, 6.45) is 1.61. The topological polar surface area (TPSA) is 90.2 Å². The van der Waals surface area contributed by atoms with Crippen molar-refractivity contribution in [1.82, 2.24) is 4.57 Å². The quantitative estimate of drug-likeness (QED) is 0.392. The van der Waals surface area contributed by atoms with Gasteiger partial charge in [-0.05, 0) is 54.8 Å². The van der Waals surface area contributed by atoms with Crippen LogP contribution in [-0.4, -0.2) is 39.7 Å². The Morgan fingerprint density at radius 1 is 1.03 bits per heavy atom. The Kier molecular flexibility index (Phi) is 6.31. The van der Waals surface area contributed by atoms with E-state index in [0.717, 1.165) is 28.6 Å². The van der Waals surface area contributed by atoms with E-state index in [4.69, 9.17) is 9.47 Å². The van der Waals surface area contributed by atoms with Crippen LogP contribution in [0.1, 0.15) is 22.3 Å². The number of methoxy groups -OCH3 is 2. The highest BCUT2D eigenvalue weighted by Crippen LogP contribution is 2.33. The third-order valence-electron chi connectivity index (χ3n) is 6.25. The van der Waals surface area contributed by atoms with Gasteiger partial charge in [-0.15, -0.1) is 0 Å². The third-order valence-corrected chi connectivity index (χ3v) is 9.15. The van der Waals surface area contributed by atoms with Crippen molar-refractivity contribution in [3.05, 3.63) is 76.6 Å². The van der Waals surface area contributed by atoms with E-state index in [9.17, 15) is 13.2 Å². The van der Waals surface area contributed by atoms with Crippen molar-refractivity contribution in [2.75, 3.05) is 25.1 Å². The minimum atomic E-state index is -3.75. The number of benzene rings is 3. The van der Waals surface area contributed by atoms with Gasteiger partial charge < -0.3 is 14.0 Å². The summed E-state index contributed by atoms with van der Waals surface area (Å²) in [7, 11) is 1.22. The van der Waals surface area contributed by atoms with Crippen LogP contribution in [0.3, 0.4) is 0 Å². The first-order valence-electron chi connectivity index (χ1n) is 11.3. The molecule has 5 rings (SSSR count). The van der Waals surface area contributed by atoms with Crippen molar-refractivity contribution in [2.45, 2.75) is 17.7 Å². The minimum absolute atomic E-state index is 0.139. The summed E-state index contributed by atoms with van der Waals surface area (Å²) in [6, 6.07) is 17.1. The number of aryl methyl sites for hydroxylation is 2. The number of fused-ring (bicyclic) bond motifs is 2. The number of hydrogen-bond donors (Lipinski definition) is 0. The van der Waals surface area contributed by atoms with E-state index in [2.05, 4.69) is 4.99 Å². The summed E-state index contributed by atoms with van der Waals surface area (Å²) >= 11 is 1.34. The Balaban J connectivity index is 1.46. The third kappa shape index (κ3) is 4.16. The van der Waals surface area contributed by atoms with E-state index < -0.39 is 15.9 Å². The van der Waals surface area contributed by atoms with Gasteiger partial charge in [-0.25, -0.2) is 8.42 Å². The number of aromatic nitrogens is 1. The summed E-state index contributed by atoms with van der Waals surface area (Å²) in [4.78, 5) is 17.9. The van der Waals surface area contributed by atoms with Crippen LogP contribution in [0, 0.1) is 0 Å². The lowest BCUT2D eigenvalue weighted by atomic mass is 10.0. The van der Waals surface area contributed by atoms with Gasteiger partial charge in [0.15, 0.2) is 4.80 Å². The van der Waals surface area contributed by atoms with Crippen LogP contribution >= 0.6 is 11.3 Å². The van der Waals surface area contributed by atoms with Crippen molar-refractivity contribution < 1.29 is 22.7 Å². The highest BCUT2D eigenvalue weighted by molar-refractivity contribution is 7.92. The smallest absolute Gasteiger partial charge is 0.279 e. The lowest BCUT2D eigenvalue weighted by Crippen LogP contribution is -2.35. The zero-order valence-electron chi connectivity index (χ0n) is 20.1. The number of nitrogens with zero attached hydrogens (tertiary/aromatic N) is 3. The minimum Gasteiger partial charge on any atom is -0.497 e. The first-order chi connectivity index (χ1) is 17.3. The van der Waals surface area contributed by atoms with Crippen molar-refractivity contribution in [3.8, 4) is 11.5 Å². The molecule has 0 atom stereocenters. The average molecular weight is 524 g/mol. The second-order valence-corrected chi connectivity index (χ2v) is 11.2. The van der Waals surface area contributed by atoms with Gasteiger partial charge in [-0.2, -0.15) is 4.99 Å². The number of rotatable bonds is 5. The first-order valence-corrected chi connectivity index (χ1v) is 13.6. The number of carbonyl (C=O) groups excluding carboxylic acids is 1. The Morgan fingerprint density at radius 2 is 1.78 bits per heavy atom. The zero-order valence-corrected chi connectivity index (χ0v) is 21.7. The molecule has 36 heavy (non-hydrogen) atoms. The molecule has 0 spiro atoms. The molecule has 1 amide bonds. The van der Waals surface area contributed by atoms with E-state index >= 15 is 0 Å². The molecule has 3 aromatic carbocycles. The van der Waals surface area contributed by atoms with Gasteiger partial charge in [-0.3, -0.25) is 9.10 Å². The normalized spacial score (nSPS) is 14.1. The molecule has 1 aromatic heterocycles. The zero-order chi connectivity index (χ0) is 25.4. The van der Waals surface area contributed by atoms with E-state index in [1.165, 1.54) is 39.9 Å². The SMILES string of the molecule is COc1cc(OC)c2c(c1)sc(=NC(=O)c1ccc(S(=O)(=O)N3CCCc4ccccc43)cc1)n2C. The number of sulfonamides is 1. The number of ether oxygens (including phenoxy) is 2. The van der Waals surface area contributed by atoms with E-state index in [0.29, 0.717) is 34.1 Å². The summed E-state index contributed by atoms with van der Waals surface area (Å²) in [6.45, 7) is 0.423. The van der Waals surface area contributed by atoms with Crippen molar-refractivity contribution in [3.63, 3.8) is 0 Å². The maximum absolute atomic E-state index is 13.4. The molecular weight excluding hydrogens is 498 g/mol. The van der Waals surface area contributed by atoms with Crippen LogP contribution < -0.4 is 18.6 Å². The fourth-order valence-corrected chi connectivity index (χ4v) is 7.00. The summed E-state index contributed by atoms with van der Waals surface area (Å²) in [5.41, 5.74) is 2.83. The number of thiazole rings is 1. The molecule has 4 aromatic rings. The molecule has 0 radical (unpaired) electrons. The molecule has 0 unspecified atom stereocenters. The molecule has 1 aliphatic heterocycles. The summed E-state index contributed by atoms with van der Waals surface area (Å²) in [5.74, 6) is 0.799. The molecule has 8 nitrogen and oxygen atoms in total. The molecule has 0 fully saturated rings. The maximum Gasteiger partial charge on any atom is 0.279 e. The van der Waals surface area contributed by atoms with Gasteiger partial charge in [0, 0.05) is 25.2 Å². The van der Waals surface area contributed by atoms with E-state index in [1.54, 1.807) is 24.9 Å². The highest BCUT2D eigenvalue weighted by atomic mass is 32.2. The van der Waals surface area contributed by atoms with Crippen LogP contribution in [0.4, 0.5) is 5.69 Å². The number of hydrogen-bond acceptors (Lipinski definition) is 6. The lowest BCUT2D eigenvalue weighted by molar-refractivity contribution is 0.0998. The van der Waals surface area contributed by atoms with Gasteiger partial charge >= 0.3 is 0 Å². The molecular formula is C26H25N3O5S2. The van der Waals surface area contributed by atoms with Crippen molar-refractivity contribution in [2.24, 2.45) is 12.0 Å². The van der Waals surface area contributed by atoms with Gasteiger partial charge in [0.05, 0.1) is 29.5 Å². The number of anilines is 1. The molecule has 186 valence electrons. The second kappa shape index (κ2) is 9.44. The molecule has 0 bridgehead atoms. The molecule has 0 N–H and O–H groups in total. The predicted molar refractivity (Wildman–Crippen MR) is 140 cm³/mol. The average Bonchev–Trinajstić information content (AvgIpc) is 3.22. The monoisotopic (exact) mass is 523 g/mol. The molecule has 0 saturated heterocycles. The Hall–Kier alpha value is -3.63. The summed E-state index contributed by atoms with van der Waals surface area (Å²) < 4.78 is 41.7. The largest absolute Gasteiger partial charge is 0.497 e. The van der Waals surface area contributed by atoms with Gasteiger partial charge in [0.1, 0.15) is 17.0 Å². The number of amides is 1. The molecule has 1 aliphatic rings. The molecule has 0 saturated carbocycles. The van der Waals surface area contributed by atoms with Crippen LogP contribution in [0.2, 0.25) is 0 Å². The lowest BCUT2D eigenvalue weighted by Gasteiger charge is -2.30. The Labute approximate surface area is 213 Å². The molecule has 2 heterocycles. The van der Waals surface area contributed by atoms with Crippen LogP contribution in [-0.2, 0) is 23.5 Å². The highest BCUT2D eigenvalue weighted by Gasteiger charge is 2.29. The van der Waals surface area contributed by atoms with Crippen molar-refractivity contribution in [1.29, 1.82) is 0 Å². The number of para-hydroxylation sites is 1.